The van der Waals surface area contributed by atoms with Crippen LogP contribution in [0.5, 0.6) is 5.75 Å². The van der Waals surface area contributed by atoms with Crippen LogP contribution in [0.25, 0.3) is 0 Å². The predicted molar refractivity (Wildman–Crippen MR) is 55.7 cm³/mol. The Labute approximate surface area is 89.9 Å². The smallest absolute Gasteiger partial charge is 0.353 e. The quantitative estimate of drug-likeness (QED) is 0.576. The number of para-hydroxylation sites is 1. The van der Waals surface area contributed by atoms with Gasteiger partial charge in [-0.15, -0.1) is 11.3 Å². The molecule has 1 aromatic heterocycles. The van der Waals surface area contributed by atoms with Crippen LogP contribution in [0.1, 0.15) is 9.67 Å². The van der Waals surface area contributed by atoms with E-state index in [1.807, 2.05) is 0 Å². The van der Waals surface area contributed by atoms with Crippen LogP contribution in [0.4, 0.5) is 4.39 Å². The van der Waals surface area contributed by atoms with Gasteiger partial charge in [-0.3, -0.25) is 0 Å². The number of hydrogen-bond donors (Lipinski definition) is 0. The normalized spacial score (nSPS) is 9.93. The maximum Gasteiger partial charge on any atom is 0.353 e. The minimum Gasteiger partial charge on any atom is -0.419 e. The molecule has 4 heteroatoms. The maximum absolute atomic E-state index is 13.1. The van der Waals surface area contributed by atoms with E-state index in [0.29, 0.717) is 4.88 Å². The molecule has 0 aliphatic heterocycles. The van der Waals surface area contributed by atoms with E-state index in [2.05, 4.69) is 0 Å². The fraction of sp³-hybridized carbons (Fsp3) is 0. The summed E-state index contributed by atoms with van der Waals surface area (Å²) >= 11 is 1.26. The molecule has 0 fully saturated rings. The first kappa shape index (κ1) is 9.86. The SMILES string of the molecule is O=C(Oc1ccccc1F)c1cccs1. The largest absolute Gasteiger partial charge is 0.419 e. The van der Waals surface area contributed by atoms with Gasteiger partial charge in [0.1, 0.15) is 4.88 Å². The zero-order chi connectivity index (χ0) is 10.7. The number of hydrogen-bond acceptors (Lipinski definition) is 3. The third-order valence-corrected chi connectivity index (χ3v) is 2.61. The summed E-state index contributed by atoms with van der Waals surface area (Å²) in [5.41, 5.74) is 0. The van der Waals surface area contributed by atoms with Crippen molar-refractivity contribution in [1.29, 1.82) is 0 Å². The summed E-state index contributed by atoms with van der Waals surface area (Å²) in [7, 11) is 0. The molecule has 0 aliphatic carbocycles. The minimum absolute atomic E-state index is 0.0455. The van der Waals surface area contributed by atoms with E-state index in [1.54, 1.807) is 23.6 Å². The summed E-state index contributed by atoms with van der Waals surface area (Å²) in [5, 5.41) is 1.76. The third-order valence-electron chi connectivity index (χ3n) is 1.76. The Balaban J connectivity index is 2.17. The van der Waals surface area contributed by atoms with Crippen molar-refractivity contribution in [2.45, 2.75) is 0 Å². The Morgan fingerprint density at radius 3 is 2.67 bits per heavy atom. The summed E-state index contributed by atoms with van der Waals surface area (Å²) in [6.45, 7) is 0. The zero-order valence-electron chi connectivity index (χ0n) is 7.64. The van der Waals surface area contributed by atoms with Crippen LogP contribution in [0, 0.1) is 5.82 Å². The number of rotatable bonds is 2. The van der Waals surface area contributed by atoms with Crippen molar-refractivity contribution in [3.8, 4) is 5.75 Å². The summed E-state index contributed by atoms with van der Waals surface area (Å²) in [6, 6.07) is 9.19. The third kappa shape index (κ3) is 2.22. The van der Waals surface area contributed by atoms with Gasteiger partial charge in [-0.1, -0.05) is 18.2 Å². The first-order valence-corrected chi connectivity index (χ1v) is 5.15. The first-order valence-electron chi connectivity index (χ1n) is 4.27. The second-order valence-corrected chi connectivity index (χ2v) is 3.74. The number of esters is 1. The van der Waals surface area contributed by atoms with E-state index < -0.39 is 11.8 Å². The highest BCUT2D eigenvalue weighted by Crippen LogP contribution is 2.18. The van der Waals surface area contributed by atoms with Crippen molar-refractivity contribution >= 4 is 17.3 Å². The molecule has 0 amide bonds. The predicted octanol–water partition coefficient (Wildman–Crippen LogP) is 3.11. The molecule has 15 heavy (non-hydrogen) atoms. The number of benzene rings is 1. The molecule has 0 bridgehead atoms. The lowest BCUT2D eigenvalue weighted by Gasteiger charge is -2.02. The van der Waals surface area contributed by atoms with E-state index >= 15 is 0 Å². The monoisotopic (exact) mass is 222 g/mol. The maximum atomic E-state index is 13.1. The van der Waals surface area contributed by atoms with Crippen molar-refractivity contribution in [3.05, 3.63) is 52.5 Å². The second-order valence-electron chi connectivity index (χ2n) is 2.80. The zero-order valence-corrected chi connectivity index (χ0v) is 8.46. The topological polar surface area (TPSA) is 26.3 Å². The van der Waals surface area contributed by atoms with Crippen molar-refractivity contribution in [2.75, 3.05) is 0 Å². The van der Waals surface area contributed by atoms with Gasteiger partial charge in [0, 0.05) is 0 Å². The van der Waals surface area contributed by atoms with E-state index in [4.69, 9.17) is 4.74 Å². The molecule has 2 nitrogen and oxygen atoms in total. The van der Waals surface area contributed by atoms with E-state index in [-0.39, 0.29) is 5.75 Å². The highest BCUT2D eigenvalue weighted by Gasteiger charge is 2.11. The van der Waals surface area contributed by atoms with Crippen LogP contribution in [-0.2, 0) is 0 Å². The molecule has 2 aromatic rings. The van der Waals surface area contributed by atoms with Crippen molar-refractivity contribution < 1.29 is 13.9 Å². The number of carbonyl (C=O) groups is 1. The Kier molecular flexibility index (Phi) is 2.78. The molecule has 0 saturated heterocycles. The van der Waals surface area contributed by atoms with Crippen LogP contribution >= 0.6 is 11.3 Å². The number of ether oxygens (including phenoxy) is 1. The molecule has 76 valence electrons. The molecule has 0 N–H and O–H groups in total. The van der Waals surface area contributed by atoms with Crippen LogP contribution in [0.3, 0.4) is 0 Å². The van der Waals surface area contributed by atoms with E-state index in [0.717, 1.165) is 0 Å². The lowest BCUT2D eigenvalue weighted by atomic mass is 10.3. The van der Waals surface area contributed by atoms with Gasteiger partial charge in [-0.25, -0.2) is 9.18 Å². The van der Waals surface area contributed by atoms with Crippen LogP contribution in [0.15, 0.2) is 41.8 Å². The number of thiophene rings is 1. The van der Waals surface area contributed by atoms with Gasteiger partial charge in [-0.2, -0.15) is 0 Å². The second kappa shape index (κ2) is 4.23. The lowest BCUT2D eigenvalue weighted by molar-refractivity contribution is 0.0733. The summed E-state index contributed by atoms with van der Waals surface area (Å²) < 4.78 is 18.0. The van der Waals surface area contributed by atoms with Gasteiger partial charge in [0.25, 0.3) is 0 Å². The molecule has 0 saturated carbocycles. The van der Waals surface area contributed by atoms with Crippen LogP contribution < -0.4 is 4.74 Å². The summed E-state index contributed by atoms with van der Waals surface area (Å²) in [5.74, 6) is -1.12. The highest BCUT2D eigenvalue weighted by atomic mass is 32.1. The van der Waals surface area contributed by atoms with Gasteiger partial charge in [0.15, 0.2) is 11.6 Å². The first-order chi connectivity index (χ1) is 7.27. The molecule has 1 heterocycles. The fourth-order valence-electron chi connectivity index (χ4n) is 1.07. The molecular formula is C11H7FO2S. The van der Waals surface area contributed by atoms with E-state index in [9.17, 15) is 9.18 Å². The summed E-state index contributed by atoms with van der Waals surface area (Å²) in [6.07, 6.45) is 0. The molecule has 0 aliphatic rings. The standard InChI is InChI=1S/C11H7FO2S/c12-8-4-1-2-5-9(8)14-11(13)10-6-3-7-15-10/h1-7H. The van der Waals surface area contributed by atoms with Gasteiger partial charge >= 0.3 is 5.97 Å². The highest BCUT2D eigenvalue weighted by molar-refractivity contribution is 7.12. The Bertz CT molecular complexity index is 465. The molecule has 1 aromatic carbocycles. The van der Waals surface area contributed by atoms with Crippen LogP contribution in [0.2, 0.25) is 0 Å². The Hall–Kier alpha value is -1.68. The molecule has 0 radical (unpaired) electrons. The van der Waals surface area contributed by atoms with Gasteiger partial charge in [0.05, 0.1) is 0 Å². The van der Waals surface area contributed by atoms with E-state index in [1.165, 1.54) is 29.5 Å². The summed E-state index contributed by atoms with van der Waals surface area (Å²) in [4.78, 5) is 11.9. The average Bonchev–Trinajstić information content (AvgIpc) is 2.74. The number of halogens is 1. The molecular weight excluding hydrogens is 215 g/mol. The van der Waals surface area contributed by atoms with Crippen molar-refractivity contribution in [1.82, 2.24) is 0 Å². The lowest BCUT2D eigenvalue weighted by Crippen LogP contribution is -2.07. The Morgan fingerprint density at radius 1 is 1.20 bits per heavy atom. The van der Waals surface area contributed by atoms with Crippen molar-refractivity contribution in [3.63, 3.8) is 0 Å². The fourth-order valence-corrected chi connectivity index (χ4v) is 1.67. The van der Waals surface area contributed by atoms with Gasteiger partial charge in [-0.05, 0) is 23.6 Å². The Morgan fingerprint density at radius 2 is 2.00 bits per heavy atom. The molecule has 0 unspecified atom stereocenters. The molecule has 0 spiro atoms. The molecule has 0 atom stereocenters. The average molecular weight is 222 g/mol. The van der Waals surface area contributed by atoms with Crippen molar-refractivity contribution in [2.24, 2.45) is 0 Å². The molecule has 2 rings (SSSR count). The van der Waals surface area contributed by atoms with Gasteiger partial charge < -0.3 is 4.74 Å². The number of carbonyl (C=O) groups excluding carboxylic acids is 1. The minimum atomic E-state index is -0.539. The van der Waals surface area contributed by atoms with Crippen LogP contribution in [-0.4, -0.2) is 5.97 Å². The van der Waals surface area contributed by atoms with Gasteiger partial charge in [0.2, 0.25) is 0 Å².